The van der Waals surface area contributed by atoms with Crippen LogP contribution in [-0.4, -0.2) is 29.0 Å². The van der Waals surface area contributed by atoms with Gasteiger partial charge in [0.25, 0.3) is 0 Å². The van der Waals surface area contributed by atoms with Crippen molar-refractivity contribution in [3.8, 4) is 66.8 Å². The van der Waals surface area contributed by atoms with Crippen molar-refractivity contribution in [2.24, 2.45) is 0 Å². The normalized spacial score (nSPS) is 12.7. The molecule has 0 radical (unpaired) electrons. The quantitative estimate of drug-likeness (QED) is 0.120. The topological polar surface area (TPSA) is 0 Å². The van der Waals surface area contributed by atoms with Crippen molar-refractivity contribution in [3.05, 3.63) is 194 Å². The van der Waals surface area contributed by atoms with Crippen molar-refractivity contribution in [3.63, 3.8) is 0 Å². The van der Waals surface area contributed by atoms with Crippen LogP contribution in [0.5, 0.6) is 0 Å². The Morgan fingerprint density at radius 3 is 0.891 bits per heavy atom. The van der Waals surface area contributed by atoms with E-state index < -0.39 is 0 Å². The third-order valence-electron chi connectivity index (χ3n) is 14.7. The minimum absolute atomic E-state index is 0.265. The molecule has 2 heteroatoms. The molecule has 0 spiro atoms. The summed E-state index contributed by atoms with van der Waals surface area (Å²) in [5, 5.41) is 18.8. The Kier molecular flexibility index (Phi) is 6.66. The Bertz CT molecular complexity index is 4180. The van der Waals surface area contributed by atoms with Gasteiger partial charge in [-0.25, -0.2) is 0 Å². The second-order valence-electron chi connectivity index (χ2n) is 17.8. The second-order valence-corrected chi connectivity index (χ2v) is 22.4. The first kappa shape index (κ1) is 34.5. The number of hydrogen-bond acceptors (Lipinski definition) is 0. The van der Waals surface area contributed by atoms with Crippen LogP contribution in [0.25, 0.3) is 159 Å². The molecule has 14 aromatic rings. The summed E-state index contributed by atoms with van der Waals surface area (Å²) in [6, 6.07) is 75.2. The van der Waals surface area contributed by atoms with Crippen molar-refractivity contribution in [2.45, 2.75) is 0 Å². The molecule has 0 saturated carbocycles. The number of hydrogen-bond donors (Lipinski definition) is 0. The van der Waals surface area contributed by atoms with Crippen molar-refractivity contribution in [1.82, 2.24) is 0 Å². The Balaban J connectivity index is 1.12. The second kappa shape index (κ2) is 12.4. The molecule has 0 nitrogen and oxygen atoms in total. The molecule has 2 aliphatic carbocycles. The molecule has 0 aliphatic heterocycles. The van der Waals surface area contributed by atoms with Gasteiger partial charge in [-0.15, -0.1) is 0 Å². The van der Waals surface area contributed by atoms with Gasteiger partial charge in [-0.3, -0.25) is 0 Å². The molecule has 0 N–H and O–H groups in total. The van der Waals surface area contributed by atoms with Gasteiger partial charge in [-0.1, -0.05) is 0 Å². The van der Waals surface area contributed by atoms with E-state index in [0.717, 1.165) is 0 Å². The molecule has 0 fully saturated rings. The minimum atomic E-state index is 0.265. The molecule has 0 saturated heterocycles. The van der Waals surface area contributed by atoms with Crippen molar-refractivity contribution < 1.29 is 0 Å². The predicted octanol–water partition coefficient (Wildman–Crippen LogP) is 16.8. The van der Waals surface area contributed by atoms with E-state index in [4.69, 9.17) is 0 Å². The fraction of sp³-hybridized carbons (Fsp3) is 0. The van der Waals surface area contributed by atoms with Crippen molar-refractivity contribution >= 4 is 121 Å². The maximum absolute atomic E-state index is 2.59. The van der Waals surface area contributed by atoms with E-state index >= 15 is 0 Å². The van der Waals surface area contributed by atoms with Gasteiger partial charge in [-0.05, 0) is 0 Å². The van der Waals surface area contributed by atoms with E-state index in [1.165, 1.54) is 159 Å². The van der Waals surface area contributed by atoms with Crippen molar-refractivity contribution in [1.29, 1.82) is 0 Å². The zero-order chi connectivity index (χ0) is 41.4. The van der Waals surface area contributed by atoms with Crippen LogP contribution in [0.15, 0.2) is 194 Å². The summed E-state index contributed by atoms with van der Waals surface area (Å²) < 4.78 is 5.90. The summed E-state index contributed by atoms with van der Waals surface area (Å²) in [6.07, 6.45) is 0. The summed E-state index contributed by atoms with van der Waals surface area (Å²) in [4.78, 5) is 0. The Labute approximate surface area is 379 Å². The van der Waals surface area contributed by atoms with E-state index in [0.29, 0.717) is 0 Å². The molecule has 2 aromatic heterocycles. The monoisotopic (exact) mass is 936 g/mol. The van der Waals surface area contributed by atoms with E-state index in [-0.39, 0.29) is 29.0 Å². The van der Waals surface area contributed by atoms with Crippen LogP contribution in [0.3, 0.4) is 0 Å². The third kappa shape index (κ3) is 4.39. The maximum atomic E-state index is 2.59. The molecule has 0 atom stereocenters. The van der Waals surface area contributed by atoms with Crippen molar-refractivity contribution in [2.75, 3.05) is 0 Å². The van der Waals surface area contributed by atoms with Gasteiger partial charge in [0.05, 0.1) is 0 Å². The first-order valence-corrected chi connectivity index (χ1v) is 25.6. The van der Waals surface area contributed by atoms with E-state index in [2.05, 4.69) is 194 Å². The third-order valence-corrected chi connectivity index (χ3v) is 19.5. The number of benzene rings is 12. The van der Waals surface area contributed by atoms with Crippen LogP contribution in [0, 0.1) is 0 Å². The SMILES string of the molecule is c1cc2c3c(cccc3c1)-c1cc3c(cc1-2)c(-c1cccc2[se]c4ccccc4c12)cc1c2cc4c(cc2c(-c2cccc5[se]c6ccccc6c25)cc31)-c1cccc2cccc-4c12. The molecular weight excluding hydrogens is 903 g/mol. The summed E-state index contributed by atoms with van der Waals surface area (Å²) in [5.74, 6) is 0. The number of rotatable bonds is 2. The molecule has 2 heterocycles. The Morgan fingerprint density at radius 2 is 0.484 bits per heavy atom. The fourth-order valence-electron chi connectivity index (χ4n) is 12.1. The first-order chi connectivity index (χ1) is 31.7. The van der Waals surface area contributed by atoms with Gasteiger partial charge in [0, 0.05) is 0 Å². The standard InChI is InChI=1S/C62H32Se2/c1-3-23-55-41(15-1)61-39(21-9-25-57(61)63-55)47-31-53-52-30-46-38-20-8-14-34-12-6-18-36(60(34)38)44(46)28-50(52)48(40-22-10-26-58-62(40)42-16-2-4-24-56(42)64-58)32-54(53)51-29-45-37-19-7-13-33-11-5-17-35(59(33)37)43(45)27-49(47)51/h1-32H. The average molecular weight is 935 g/mol. The van der Waals surface area contributed by atoms with Gasteiger partial charge >= 0.3 is 382 Å². The summed E-state index contributed by atoms with van der Waals surface area (Å²) >= 11 is 0.530. The fourth-order valence-corrected chi connectivity index (χ4v) is 16.8. The van der Waals surface area contributed by atoms with Gasteiger partial charge in [0.2, 0.25) is 0 Å². The van der Waals surface area contributed by atoms with Crippen LogP contribution >= 0.6 is 0 Å². The van der Waals surface area contributed by atoms with Crippen LogP contribution in [-0.2, 0) is 0 Å². The van der Waals surface area contributed by atoms with E-state index in [1.807, 2.05) is 0 Å². The molecule has 16 rings (SSSR count). The van der Waals surface area contributed by atoms with Crippen LogP contribution in [0.1, 0.15) is 0 Å². The van der Waals surface area contributed by atoms with Crippen LogP contribution < -0.4 is 0 Å². The molecule has 12 aromatic carbocycles. The molecule has 292 valence electrons. The molecule has 0 unspecified atom stereocenters. The average Bonchev–Trinajstić information content (AvgIpc) is 4.10. The summed E-state index contributed by atoms with van der Waals surface area (Å²) in [7, 11) is 0. The van der Waals surface area contributed by atoms with Gasteiger partial charge in [0.15, 0.2) is 0 Å². The molecular formula is C62H32Se2. The Morgan fingerprint density at radius 1 is 0.188 bits per heavy atom. The molecule has 0 amide bonds. The molecule has 64 heavy (non-hydrogen) atoms. The van der Waals surface area contributed by atoms with E-state index in [9.17, 15) is 0 Å². The van der Waals surface area contributed by atoms with Crippen LogP contribution in [0.4, 0.5) is 0 Å². The van der Waals surface area contributed by atoms with Gasteiger partial charge in [-0.2, -0.15) is 0 Å². The van der Waals surface area contributed by atoms with Gasteiger partial charge in [0.1, 0.15) is 0 Å². The Hall–Kier alpha value is -7.02. The summed E-state index contributed by atoms with van der Waals surface area (Å²) in [5.41, 5.74) is 16.0. The first-order valence-electron chi connectivity index (χ1n) is 22.1. The molecule has 2 aliphatic rings. The zero-order valence-electron chi connectivity index (χ0n) is 34.3. The van der Waals surface area contributed by atoms with Gasteiger partial charge < -0.3 is 0 Å². The zero-order valence-corrected chi connectivity index (χ0v) is 37.7. The van der Waals surface area contributed by atoms with Crippen LogP contribution in [0.2, 0.25) is 0 Å². The number of fused-ring (bicyclic) bond motifs is 17. The predicted molar refractivity (Wildman–Crippen MR) is 278 cm³/mol. The molecule has 0 bridgehead atoms. The van der Waals surface area contributed by atoms with E-state index in [1.54, 1.807) is 0 Å². The summed E-state index contributed by atoms with van der Waals surface area (Å²) in [6.45, 7) is 0.